The van der Waals surface area contributed by atoms with Gasteiger partial charge in [0.15, 0.2) is 5.69 Å². The van der Waals surface area contributed by atoms with E-state index in [1.807, 2.05) is 45.0 Å². The van der Waals surface area contributed by atoms with Gasteiger partial charge in [-0.1, -0.05) is 57.0 Å². The van der Waals surface area contributed by atoms with E-state index in [0.717, 1.165) is 22.9 Å². The number of thiophene rings is 1. The van der Waals surface area contributed by atoms with Crippen LogP contribution in [0.1, 0.15) is 43.3 Å². The molecule has 9 heteroatoms. The number of rotatable bonds is 7. The number of amides is 1. The molecular formula is C21H25ClN4O3S. The van der Waals surface area contributed by atoms with Crippen LogP contribution < -0.4 is 21.9 Å². The van der Waals surface area contributed by atoms with Crippen molar-refractivity contribution in [2.75, 3.05) is 17.2 Å². The molecule has 3 aromatic rings. The summed E-state index contributed by atoms with van der Waals surface area (Å²) >= 11 is 7.79. The topological polar surface area (TPSA) is 101 Å². The molecule has 7 nitrogen and oxygen atoms in total. The molecule has 0 aliphatic rings. The number of aromatic nitrogens is 2. The highest BCUT2D eigenvalue weighted by molar-refractivity contribution is 7.21. The maximum absolute atomic E-state index is 13.5. The van der Waals surface area contributed by atoms with Gasteiger partial charge in [0.1, 0.15) is 10.7 Å². The van der Waals surface area contributed by atoms with Gasteiger partial charge in [0, 0.05) is 23.2 Å². The Morgan fingerprint density at radius 3 is 2.63 bits per heavy atom. The van der Waals surface area contributed by atoms with Crippen molar-refractivity contribution in [3.8, 4) is 0 Å². The number of fused-ring (bicyclic) bond motifs is 1. The summed E-state index contributed by atoms with van der Waals surface area (Å²) in [6.45, 7) is 6.47. The van der Waals surface area contributed by atoms with Crippen LogP contribution in [0.25, 0.3) is 10.1 Å². The molecular weight excluding hydrogens is 424 g/mol. The molecule has 0 saturated heterocycles. The van der Waals surface area contributed by atoms with Gasteiger partial charge in [-0.3, -0.25) is 24.0 Å². The van der Waals surface area contributed by atoms with E-state index in [0.29, 0.717) is 16.4 Å². The van der Waals surface area contributed by atoms with Crippen LogP contribution in [0.15, 0.2) is 33.9 Å². The van der Waals surface area contributed by atoms with E-state index in [1.165, 1.54) is 20.8 Å². The van der Waals surface area contributed by atoms with Gasteiger partial charge >= 0.3 is 5.69 Å². The molecule has 0 bridgehead atoms. The molecule has 3 N–H and O–H groups in total. The van der Waals surface area contributed by atoms with Crippen LogP contribution in [0, 0.1) is 5.92 Å². The first kappa shape index (κ1) is 22.1. The Morgan fingerprint density at radius 2 is 2.00 bits per heavy atom. The third kappa shape index (κ3) is 4.15. The number of aromatic amines is 1. The molecule has 0 fully saturated rings. The smallest absolute Gasteiger partial charge is 0.330 e. The normalized spacial score (nSPS) is 11.4. The Labute approximate surface area is 183 Å². The average molecular weight is 449 g/mol. The molecule has 1 aromatic carbocycles. The lowest BCUT2D eigenvalue weighted by Gasteiger charge is -2.25. The van der Waals surface area contributed by atoms with Crippen molar-refractivity contribution in [3.63, 3.8) is 0 Å². The summed E-state index contributed by atoms with van der Waals surface area (Å²) in [4.78, 5) is 42.5. The van der Waals surface area contributed by atoms with Crippen molar-refractivity contribution in [2.24, 2.45) is 5.92 Å². The molecule has 0 unspecified atom stereocenters. The standard InChI is InChI=1S/C21H25ClN4O3S/c1-4-5-10-25-18(23)16(19(27)24-21(25)29)26(11-12(2)3)20(28)17-15(22)13-8-6-7-9-14(13)30-17/h6-9,12H,4-5,10-11,23H2,1-3H3,(H,24,27,29). The summed E-state index contributed by atoms with van der Waals surface area (Å²) in [7, 11) is 0. The van der Waals surface area contributed by atoms with Crippen LogP contribution in [0.2, 0.25) is 5.02 Å². The monoisotopic (exact) mass is 448 g/mol. The first-order valence-electron chi connectivity index (χ1n) is 9.87. The molecule has 2 heterocycles. The minimum atomic E-state index is -0.684. The fraction of sp³-hybridized carbons (Fsp3) is 0.381. The van der Waals surface area contributed by atoms with Crippen molar-refractivity contribution >= 4 is 50.4 Å². The number of carbonyl (C=O) groups is 1. The SMILES string of the molecule is CCCCn1c(N)c(N(CC(C)C)C(=O)c2sc3ccccc3c2Cl)c(=O)[nH]c1=O. The number of nitrogen functional groups attached to an aromatic ring is 1. The summed E-state index contributed by atoms with van der Waals surface area (Å²) in [6.07, 6.45) is 1.57. The summed E-state index contributed by atoms with van der Waals surface area (Å²) in [6, 6.07) is 7.47. The second kappa shape index (κ2) is 9.06. The predicted octanol–water partition coefficient (Wildman–Crippen LogP) is 4.09. The van der Waals surface area contributed by atoms with E-state index in [4.69, 9.17) is 17.3 Å². The lowest BCUT2D eigenvalue weighted by atomic mass is 10.2. The van der Waals surface area contributed by atoms with Gasteiger partial charge in [0.05, 0.1) is 5.02 Å². The number of benzene rings is 1. The Hall–Kier alpha value is -2.58. The Morgan fingerprint density at radius 1 is 1.30 bits per heavy atom. The number of hydrogen-bond acceptors (Lipinski definition) is 5. The molecule has 2 aromatic heterocycles. The highest BCUT2D eigenvalue weighted by atomic mass is 35.5. The van der Waals surface area contributed by atoms with Gasteiger partial charge in [0.2, 0.25) is 0 Å². The quantitative estimate of drug-likeness (QED) is 0.568. The molecule has 3 rings (SSSR count). The third-order valence-electron chi connectivity index (χ3n) is 4.74. The maximum Gasteiger partial charge on any atom is 0.330 e. The van der Waals surface area contributed by atoms with Gasteiger partial charge in [-0.25, -0.2) is 4.79 Å². The summed E-state index contributed by atoms with van der Waals surface area (Å²) in [5, 5.41) is 1.13. The van der Waals surface area contributed by atoms with Crippen molar-refractivity contribution in [1.29, 1.82) is 0 Å². The molecule has 1 amide bonds. The summed E-state index contributed by atoms with van der Waals surface area (Å²) < 4.78 is 2.19. The lowest BCUT2D eigenvalue weighted by molar-refractivity contribution is 0.0987. The molecule has 0 spiro atoms. The van der Waals surface area contributed by atoms with Gasteiger partial charge in [0.25, 0.3) is 11.5 Å². The fourth-order valence-corrected chi connectivity index (χ4v) is 4.75. The molecule has 160 valence electrons. The third-order valence-corrected chi connectivity index (χ3v) is 6.40. The molecule has 0 aliphatic heterocycles. The highest BCUT2D eigenvalue weighted by Crippen LogP contribution is 2.36. The fourth-order valence-electron chi connectivity index (χ4n) is 3.29. The number of nitrogens with one attached hydrogen (secondary N) is 1. The number of carbonyl (C=O) groups excluding carboxylic acids is 1. The Balaban J connectivity index is 2.17. The van der Waals surface area contributed by atoms with Crippen molar-refractivity contribution in [2.45, 2.75) is 40.2 Å². The minimum Gasteiger partial charge on any atom is -0.383 e. The summed E-state index contributed by atoms with van der Waals surface area (Å²) in [5.74, 6) is -0.367. The second-order valence-corrected chi connectivity index (χ2v) is 8.98. The highest BCUT2D eigenvalue weighted by Gasteiger charge is 2.29. The van der Waals surface area contributed by atoms with E-state index in [1.54, 1.807) is 0 Å². The second-order valence-electron chi connectivity index (χ2n) is 7.55. The van der Waals surface area contributed by atoms with Crippen LogP contribution >= 0.6 is 22.9 Å². The zero-order valence-electron chi connectivity index (χ0n) is 17.2. The molecule has 0 atom stereocenters. The van der Waals surface area contributed by atoms with E-state index >= 15 is 0 Å². The number of anilines is 2. The number of halogens is 1. The zero-order valence-corrected chi connectivity index (χ0v) is 18.8. The number of nitrogens with two attached hydrogens (primary N) is 1. The minimum absolute atomic E-state index is 0.0107. The number of hydrogen-bond donors (Lipinski definition) is 2. The zero-order chi connectivity index (χ0) is 22.0. The van der Waals surface area contributed by atoms with E-state index in [2.05, 4.69) is 4.98 Å². The van der Waals surface area contributed by atoms with Crippen molar-refractivity contribution in [3.05, 3.63) is 55.0 Å². The van der Waals surface area contributed by atoms with Crippen LogP contribution in [-0.4, -0.2) is 22.0 Å². The van der Waals surface area contributed by atoms with Crippen molar-refractivity contribution in [1.82, 2.24) is 9.55 Å². The van der Waals surface area contributed by atoms with Crippen LogP contribution in [-0.2, 0) is 6.54 Å². The number of H-pyrrole nitrogens is 1. The first-order valence-corrected chi connectivity index (χ1v) is 11.1. The van der Waals surface area contributed by atoms with E-state index in [-0.39, 0.29) is 24.0 Å². The maximum atomic E-state index is 13.5. The average Bonchev–Trinajstić information content (AvgIpc) is 3.03. The molecule has 0 saturated carbocycles. The van der Waals surface area contributed by atoms with Crippen LogP contribution in [0.5, 0.6) is 0 Å². The predicted molar refractivity (Wildman–Crippen MR) is 124 cm³/mol. The van der Waals surface area contributed by atoms with Gasteiger partial charge < -0.3 is 5.73 Å². The molecule has 30 heavy (non-hydrogen) atoms. The van der Waals surface area contributed by atoms with Gasteiger partial charge in [-0.2, -0.15) is 0 Å². The number of nitrogens with zero attached hydrogens (tertiary/aromatic N) is 2. The summed E-state index contributed by atoms with van der Waals surface area (Å²) in [5.41, 5.74) is 4.97. The van der Waals surface area contributed by atoms with E-state index < -0.39 is 17.2 Å². The largest absolute Gasteiger partial charge is 0.383 e. The van der Waals surface area contributed by atoms with Crippen molar-refractivity contribution < 1.29 is 4.79 Å². The Kier molecular flexibility index (Phi) is 6.67. The number of unbranched alkanes of at least 4 members (excludes halogenated alkanes) is 1. The molecule has 0 aliphatic carbocycles. The van der Waals surface area contributed by atoms with Gasteiger partial charge in [-0.05, 0) is 18.4 Å². The molecule has 0 radical (unpaired) electrons. The van der Waals surface area contributed by atoms with E-state index in [9.17, 15) is 14.4 Å². The Bertz CT molecular complexity index is 1200. The van der Waals surface area contributed by atoms with Crippen LogP contribution in [0.3, 0.4) is 0 Å². The van der Waals surface area contributed by atoms with Gasteiger partial charge in [-0.15, -0.1) is 11.3 Å². The first-order chi connectivity index (χ1) is 14.3. The van der Waals surface area contributed by atoms with Crippen LogP contribution in [0.4, 0.5) is 11.5 Å². The lowest BCUT2D eigenvalue weighted by Crippen LogP contribution is -2.42.